The fourth-order valence-corrected chi connectivity index (χ4v) is 1.15. The van der Waals surface area contributed by atoms with Crippen molar-refractivity contribution in [2.24, 2.45) is 11.8 Å². The van der Waals surface area contributed by atoms with Crippen molar-refractivity contribution >= 4 is 0 Å². The first-order valence-corrected chi connectivity index (χ1v) is 4.86. The minimum Gasteiger partial charge on any atom is -0.396 e. The highest BCUT2D eigenvalue weighted by Gasteiger charge is 2.10. The molecular weight excluding hydrogens is 152 g/mol. The van der Waals surface area contributed by atoms with Crippen LogP contribution in [0.1, 0.15) is 40.0 Å². The fourth-order valence-electron chi connectivity index (χ4n) is 1.15. The van der Waals surface area contributed by atoms with Crippen molar-refractivity contribution in [2.45, 2.75) is 46.1 Å². The lowest BCUT2D eigenvalue weighted by atomic mass is 9.95. The average molecular weight is 174 g/mol. The van der Waals surface area contributed by atoms with Gasteiger partial charge >= 0.3 is 0 Å². The molecular formula is C10H22O2. The molecule has 0 aromatic carbocycles. The van der Waals surface area contributed by atoms with Gasteiger partial charge in [0, 0.05) is 6.61 Å². The highest BCUT2D eigenvalue weighted by Crippen LogP contribution is 2.15. The van der Waals surface area contributed by atoms with E-state index in [1.54, 1.807) is 0 Å². The number of hydrogen-bond donors (Lipinski definition) is 2. The molecule has 2 atom stereocenters. The minimum absolute atomic E-state index is 0.175. The fraction of sp³-hybridized carbons (Fsp3) is 1.00. The molecule has 0 rings (SSSR count). The van der Waals surface area contributed by atoms with Gasteiger partial charge in [0.1, 0.15) is 0 Å². The molecule has 0 saturated heterocycles. The molecule has 0 aliphatic heterocycles. The van der Waals surface area contributed by atoms with Crippen LogP contribution in [0.3, 0.4) is 0 Å². The van der Waals surface area contributed by atoms with Crippen molar-refractivity contribution in [2.75, 3.05) is 6.61 Å². The first kappa shape index (κ1) is 11.9. The van der Waals surface area contributed by atoms with Crippen molar-refractivity contribution < 1.29 is 10.2 Å². The molecule has 0 saturated carbocycles. The van der Waals surface area contributed by atoms with Crippen LogP contribution < -0.4 is 0 Å². The van der Waals surface area contributed by atoms with Gasteiger partial charge < -0.3 is 10.2 Å². The van der Waals surface area contributed by atoms with Gasteiger partial charge in [-0.05, 0) is 31.1 Å². The molecule has 0 aromatic heterocycles. The van der Waals surface area contributed by atoms with E-state index in [9.17, 15) is 5.11 Å². The SMILES string of the molecule is CC(C)[C@H](O)CC[C@@H](C)CCO. The Bertz CT molecular complexity index is 102. The molecule has 0 aliphatic rings. The highest BCUT2D eigenvalue weighted by atomic mass is 16.3. The summed E-state index contributed by atoms with van der Waals surface area (Å²) in [5, 5.41) is 18.1. The summed E-state index contributed by atoms with van der Waals surface area (Å²) in [6.07, 6.45) is 2.55. The highest BCUT2D eigenvalue weighted by molar-refractivity contribution is 4.62. The second-order valence-corrected chi connectivity index (χ2v) is 4.01. The molecule has 0 aromatic rings. The molecule has 0 unspecified atom stereocenters. The van der Waals surface area contributed by atoms with E-state index >= 15 is 0 Å². The molecule has 2 nitrogen and oxygen atoms in total. The monoisotopic (exact) mass is 174 g/mol. The summed E-state index contributed by atoms with van der Waals surface area (Å²) in [6, 6.07) is 0. The zero-order chi connectivity index (χ0) is 9.56. The van der Waals surface area contributed by atoms with Crippen LogP contribution in [-0.4, -0.2) is 22.9 Å². The Labute approximate surface area is 75.6 Å². The Balaban J connectivity index is 3.40. The topological polar surface area (TPSA) is 40.5 Å². The molecule has 12 heavy (non-hydrogen) atoms. The summed E-state index contributed by atoms with van der Waals surface area (Å²) in [5.74, 6) is 0.884. The molecule has 0 heterocycles. The molecule has 74 valence electrons. The van der Waals surface area contributed by atoms with Crippen LogP contribution in [0.5, 0.6) is 0 Å². The van der Waals surface area contributed by atoms with Gasteiger partial charge in [0.25, 0.3) is 0 Å². The first-order chi connectivity index (χ1) is 5.57. The average Bonchev–Trinajstić information content (AvgIpc) is 2.00. The van der Waals surface area contributed by atoms with Crippen LogP contribution >= 0.6 is 0 Å². The van der Waals surface area contributed by atoms with Gasteiger partial charge in [-0.25, -0.2) is 0 Å². The summed E-state index contributed by atoms with van der Waals surface area (Å²) in [5.41, 5.74) is 0. The number of aliphatic hydroxyl groups is 2. The largest absolute Gasteiger partial charge is 0.396 e. The van der Waals surface area contributed by atoms with E-state index in [1.807, 2.05) is 13.8 Å². The van der Waals surface area contributed by atoms with Gasteiger partial charge in [-0.15, -0.1) is 0 Å². The predicted octanol–water partition coefficient (Wildman–Crippen LogP) is 1.80. The zero-order valence-corrected chi connectivity index (χ0v) is 8.45. The van der Waals surface area contributed by atoms with Crippen molar-refractivity contribution in [3.63, 3.8) is 0 Å². The molecule has 0 spiro atoms. The zero-order valence-electron chi connectivity index (χ0n) is 8.45. The van der Waals surface area contributed by atoms with Crippen molar-refractivity contribution in [1.29, 1.82) is 0 Å². The maximum Gasteiger partial charge on any atom is 0.0563 e. The van der Waals surface area contributed by atoms with Crippen LogP contribution in [0.25, 0.3) is 0 Å². The second-order valence-electron chi connectivity index (χ2n) is 4.01. The van der Waals surface area contributed by atoms with Crippen molar-refractivity contribution in [3.8, 4) is 0 Å². The third-order valence-corrected chi connectivity index (χ3v) is 2.35. The van der Waals surface area contributed by atoms with Crippen LogP contribution in [0.15, 0.2) is 0 Å². The van der Waals surface area contributed by atoms with Gasteiger partial charge in [-0.1, -0.05) is 20.8 Å². The number of hydrogen-bond acceptors (Lipinski definition) is 2. The Morgan fingerprint density at radius 3 is 2.00 bits per heavy atom. The third-order valence-electron chi connectivity index (χ3n) is 2.35. The molecule has 0 amide bonds. The lowest BCUT2D eigenvalue weighted by Crippen LogP contribution is -2.15. The Hall–Kier alpha value is -0.0800. The van der Waals surface area contributed by atoms with E-state index in [0.717, 1.165) is 19.3 Å². The van der Waals surface area contributed by atoms with Crippen LogP contribution in [-0.2, 0) is 0 Å². The second kappa shape index (κ2) is 6.44. The predicted molar refractivity (Wildman–Crippen MR) is 50.9 cm³/mol. The van der Waals surface area contributed by atoms with E-state index in [-0.39, 0.29) is 12.7 Å². The van der Waals surface area contributed by atoms with Gasteiger partial charge in [0.15, 0.2) is 0 Å². The molecule has 2 N–H and O–H groups in total. The van der Waals surface area contributed by atoms with Crippen LogP contribution in [0, 0.1) is 11.8 Å². The van der Waals surface area contributed by atoms with E-state index in [1.165, 1.54) is 0 Å². The van der Waals surface area contributed by atoms with E-state index in [4.69, 9.17) is 5.11 Å². The Morgan fingerprint density at radius 2 is 1.58 bits per heavy atom. The summed E-state index contributed by atoms with van der Waals surface area (Å²) >= 11 is 0. The number of aliphatic hydroxyl groups excluding tert-OH is 2. The van der Waals surface area contributed by atoms with E-state index in [2.05, 4.69) is 6.92 Å². The Kier molecular flexibility index (Phi) is 6.39. The first-order valence-electron chi connectivity index (χ1n) is 4.86. The molecule has 0 bridgehead atoms. The summed E-state index contributed by atoms with van der Waals surface area (Å²) in [4.78, 5) is 0. The van der Waals surface area contributed by atoms with Crippen LogP contribution in [0.4, 0.5) is 0 Å². The van der Waals surface area contributed by atoms with Crippen molar-refractivity contribution in [1.82, 2.24) is 0 Å². The van der Waals surface area contributed by atoms with Crippen molar-refractivity contribution in [3.05, 3.63) is 0 Å². The van der Waals surface area contributed by atoms with E-state index < -0.39 is 0 Å². The molecule has 2 heteroatoms. The van der Waals surface area contributed by atoms with Gasteiger partial charge in [-0.3, -0.25) is 0 Å². The standard InChI is InChI=1S/C10H22O2/c1-8(2)10(12)5-4-9(3)6-7-11/h8-12H,4-7H2,1-3H3/t9-,10-/m1/s1. The van der Waals surface area contributed by atoms with E-state index in [0.29, 0.717) is 11.8 Å². The third kappa shape index (κ3) is 5.56. The van der Waals surface area contributed by atoms with Gasteiger partial charge in [0.05, 0.1) is 6.10 Å². The lowest BCUT2D eigenvalue weighted by molar-refractivity contribution is 0.107. The lowest BCUT2D eigenvalue weighted by Gasteiger charge is -2.16. The van der Waals surface area contributed by atoms with Gasteiger partial charge in [0.2, 0.25) is 0 Å². The number of rotatable bonds is 6. The molecule has 0 aliphatic carbocycles. The summed E-state index contributed by atoms with van der Waals surface area (Å²) in [6.45, 7) is 6.44. The molecule has 0 radical (unpaired) electrons. The van der Waals surface area contributed by atoms with Crippen LogP contribution in [0.2, 0.25) is 0 Å². The minimum atomic E-state index is -0.175. The maximum absolute atomic E-state index is 9.48. The van der Waals surface area contributed by atoms with Gasteiger partial charge in [-0.2, -0.15) is 0 Å². The maximum atomic E-state index is 9.48. The summed E-state index contributed by atoms with van der Waals surface area (Å²) < 4.78 is 0. The summed E-state index contributed by atoms with van der Waals surface area (Å²) in [7, 11) is 0. The molecule has 0 fully saturated rings. The smallest absolute Gasteiger partial charge is 0.0563 e. The quantitative estimate of drug-likeness (QED) is 0.644. The normalized spacial score (nSPS) is 16.5. The Morgan fingerprint density at radius 1 is 1.00 bits per heavy atom.